The summed E-state index contributed by atoms with van der Waals surface area (Å²) in [6.07, 6.45) is 2.91. The summed E-state index contributed by atoms with van der Waals surface area (Å²) in [7, 11) is 0. The van der Waals surface area contributed by atoms with Gasteiger partial charge in [0.2, 0.25) is 0 Å². The fourth-order valence-corrected chi connectivity index (χ4v) is 2.99. The van der Waals surface area contributed by atoms with Crippen LogP contribution in [0.1, 0.15) is 12.0 Å². The Kier molecular flexibility index (Phi) is 7.55. The molecule has 0 radical (unpaired) electrons. The van der Waals surface area contributed by atoms with Crippen LogP contribution >= 0.6 is 23.2 Å². The normalized spacial score (nSPS) is 14.2. The molecule has 0 aromatic heterocycles. The van der Waals surface area contributed by atoms with Gasteiger partial charge in [0.05, 0.1) is 5.02 Å². The highest BCUT2D eigenvalue weighted by molar-refractivity contribution is 6.31. The number of rotatable bonds is 8. The minimum Gasteiger partial charge on any atom is -0.484 e. The highest BCUT2D eigenvalue weighted by Crippen LogP contribution is 2.28. The van der Waals surface area contributed by atoms with Crippen molar-refractivity contribution in [2.75, 3.05) is 13.2 Å². The summed E-state index contributed by atoms with van der Waals surface area (Å²) in [5.41, 5.74) is 1.21. The zero-order chi connectivity index (χ0) is 22.4. The van der Waals surface area contributed by atoms with Crippen LogP contribution in [-0.4, -0.2) is 31.1 Å². The van der Waals surface area contributed by atoms with Crippen molar-refractivity contribution in [3.63, 3.8) is 0 Å². The molecule has 2 N–H and O–H groups in total. The molecule has 2 aromatic carbocycles. The average molecular weight is 465 g/mol. The summed E-state index contributed by atoms with van der Waals surface area (Å²) < 4.78 is 24.2. The van der Waals surface area contributed by atoms with E-state index in [1.807, 2.05) is 0 Å². The zero-order valence-corrected chi connectivity index (χ0v) is 17.8. The lowest BCUT2D eigenvalue weighted by atomic mass is 10.1. The van der Waals surface area contributed by atoms with Crippen LogP contribution in [0.5, 0.6) is 11.5 Å². The van der Waals surface area contributed by atoms with E-state index in [0.29, 0.717) is 22.9 Å². The first kappa shape index (κ1) is 22.7. The van der Waals surface area contributed by atoms with Crippen molar-refractivity contribution < 1.29 is 23.5 Å². The van der Waals surface area contributed by atoms with Gasteiger partial charge in [-0.3, -0.25) is 9.59 Å². The van der Waals surface area contributed by atoms with E-state index in [1.165, 1.54) is 12.1 Å². The van der Waals surface area contributed by atoms with Crippen LogP contribution in [0.4, 0.5) is 4.39 Å². The number of amides is 2. The smallest absolute Gasteiger partial charge is 0.269 e. The molecule has 3 rings (SSSR count). The molecule has 1 aliphatic heterocycles. The third-order valence-corrected chi connectivity index (χ3v) is 4.79. The molecule has 1 aliphatic rings. The van der Waals surface area contributed by atoms with Gasteiger partial charge in [-0.1, -0.05) is 35.9 Å². The van der Waals surface area contributed by atoms with Gasteiger partial charge in [0, 0.05) is 35.3 Å². The Labute approximate surface area is 188 Å². The largest absolute Gasteiger partial charge is 0.484 e. The molecule has 1 heterocycles. The highest BCUT2D eigenvalue weighted by atomic mass is 35.5. The van der Waals surface area contributed by atoms with Gasteiger partial charge in [-0.25, -0.2) is 4.39 Å². The molecule has 2 amide bonds. The van der Waals surface area contributed by atoms with Crippen molar-refractivity contribution in [1.29, 1.82) is 0 Å². The number of nitrogens with one attached hydrogen (secondary N) is 2. The molecule has 1 atom stereocenters. The third kappa shape index (κ3) is 6.47. The maximum atomic E-state index is 13.3. The first-order valence-corrected chi connectivity index (χ1v) is 10.0. The summed E-state index contributed by atoms with van der Waals surface area (Å²) in [6, 6.07) is 9.04. The van der Waals surface area contributed by atoms with E-state index >= 15 is 0 Å². The quantitative estimate of drug-likeness (QED) is 0.615. The highest BCUT2D eigenvalue weighted by Gasteiger charge is 2.22. The Morgan fingerprint density at radius 1 is 1.19 bits per heavy atom. The summed E-state index contributed by atoms with van der Waals surface area (Å²) in [6.45, 7) is 3.74. The lowest BCUT2D eigenvalue weighted by Gasteiger charge is -2.21. The van der Waals surface area contributed by atoms with E-state index in [2.05, 4.69) is 17.2 Å². The lowest BCUT2D eigenvalue weighted by molar-refractivity contribution is -0.125. The number of benzene rings is 2. The fourth-order valence-electron chi connectivity index (χ4n) is 2.69. The van der Waals surface area contributed by atoms with Crippen LogP contribution < -0.4 is 20.1 Å². The minimum atomic E-state index is -0.798. The van der Waals surface area contributed by atoms with Crippen LogP contribution in [0.3, 0.4) is 0 Å². The van der Waals surface area contributed by atoms with E-state index in [0.717, 1.165) is 11.6 Å². The number of carbonyl (C=O) groups is 2. The Morgan fingerprint density at radius 3 is 2.77 bits per heavy atom. The van der Waals surface area contributed by atoms with Gasteiger partial charge >= 0.3 is 0 Å². The van der Waals surface area contributed by atoms with Gasteiger partial charge in [0.1, 0.15) is 17.3 Å². The SMILES string of the molecule is C=C(CCNC(=O)COc1ccc(Cl)c(F)c1)NC(=O)[C@H]1C=Cc2cc(Cl)ccc2O1. The van der Waals surface area contributed by atoms with Gasteiger partial charge in [0.25, 0.3) is 11.8 Å². The van der Waals surface area contributed by atoms with Gasteiger partial charge in [-0.15, -0.1) is 0 Å². The monoisotopic (exact) mass is 464 g/mol. The minimum absolute atomic E-state index is 0.0277. The molecule has 0 saturated carbocycles. The Hall–Kier alpha value is -3.03. The molecule has 0 spiro atoms. The first-order valence-electron chi connectivity index (χ1n) is 9.29. The molecular weight excluding hydrogens is 446 g/mol. The van der Waals surface area contributed by atoms with Gasteiger partial charge < -0.3 is 20.1 Å². The van der Waals surface area contributed by atoms with Crippen LogP contribution in [-0.2, 0) is 9.59 Å². The molecule has 0 aliphatic carbocycles. The Bertz CT molecular complexity index is 1040. The molecule has 31 heavy (non-hydrogen) atoms. The van der Waals surface area contributed by atoms with Crippen molar-refractivity contribution in [1.82, 2.24) is 10.6 Å². The van der Waals surface area contributed by atoms with E-state index < -0.39 is 17.8 Å². The van der Waals surface area contributed by atoms with Gasteiger partial charge in [0.15, 0.2) is 12.7 Å². The molecule has 0 bridgehead atoms. The zero-order valence-electron chi connectivity index (χ0n) is 16.3. The molecule has 0 unspecified atom stereocenters. The van der Waals surface area contributed by atoms with Crippen molar-refractivity contribution in [2.24, 2.45) is 0 Å². The molecule has 2 aromatic rings. The van der Waals surface area contributed by atoms with Crippen LogP contribution in [0, 0.1) is 5.82 Å². The average Bonchev–Trinajstić information content (AvgIpc) is 2.74. The summed E-state index contributed by atoms with van der Waals surface area (Å²) in [4.78, 5) is 24.2. The molecule has 162 valence electrons. The second kappa shape index (κ2) is 10.3. The lowest BCUT2D eigenvalue weighted by Crippen LogP contribution is -2.38. The number of fused-ring (bicyclic) bond motifs is 1. The maximum Gasteiger partial charge on any atom is 0.269 e. The number of hydrogen-bond donors (Lipinski definition) is 2. The van der Waals surface area contributed by atoms with E-state index in [1.54, 1.807) is 30.4 Å². The molecule has 0 fully saturated rings. The number of halogens is 3. The Balaban J connectivity index is 1.37. The Morgan fingerprint density at radius 2 is 2.00 bits per heavy atom. The van der Waals surface area contributed by atoms with Gasteiger partial charge in [-0.2, -0.15) is 0 Å². The molecular formula is C22H19Cl2FN2O4. The van der Waals surface area contributed by atoms with Crippen LogP contribution in [0.15, 0.2) is 54.8 Å². The number of carbonyl (C=O) groups excluding carboxylic acids is 2. The van der Waals surface area contributed by atoms with Crippen molar-refractivity contribution in [3.05, 3.63) is 76.2 Å². The fraction of sp³-hybridized carbons (Fsp3) is 0.182. The molecule has 0 saturated heterocycles. The van der Waals surface area contributed by atoms with Crippen molar-refractivity contribution >= 4 is 41.1 Å². The van der Waals surface area contributed by atoms with E-state index in [9.17, 15) is 14.0 Å². The van der Waals surface area contributed by atoms with Crippen LogP contribution in [0.2, 0.25) is 10.0 Å². The topological polar surface area (TPSA) is 76.7 Å². The van der Waals surface area contributed by atoms with E-state index in [4.69, 9.17) is 32.7 Å². The maximum absolute atomic E-state index is 13.3. The summed E-state index contributed by atoms with van der Waals surface area (Å²) >= 11 is 11.5. The van der Waals surface area contributed by atoms with E-state index in [-0.39, 0.29) is 29.8 Å². The van der Waals surface area contributed by atoms with Crippen LogP contribution in [0.25, 0.3) is 6.08 Å². The number of hydrogen-bond acceptors (Lipinski definition) is 4. The predicted octanol–water partition coefficient (Wildman–Crippen LogP) is 4.12. The molecule has 9 heteroatoms. The third-order valence-electron chi connectivity index (χ3n) is 4.24. The second-order valence-electron chi connectivity index (χ2n) is 6.64. The summed E-state index contributed by atoms with van der Waals surface area (Å²) in [5.74, 6) is -0.649. The molecule has 6 nitrogen and oxygen atoms in total. The van der Waals surface area contributed by atoms with Gasteiger partial charge in [-0.05, 0) is 36.4 Å². The van der Waals surface area contributed by atoms with Crippen molar-refractivity contribution in [2.45, 2.75) is 12.5 Å². The summed E-state index contributed by atoms with van der Waals surface area (Å²) in [5, 5.41) is 5.84. The first-order chi connectivity index (χ1) is 14.8. The second-order valence-corrected chi connectivity index (χ2v) is 7.48. The number of ether oxygens (including phenoxy) is 2. The predicted molar refractivity (Wildman–Crippen MR) is 117 cm³/mol. The standard InChI is InChI=1S/C22H19Cl2FN2O4/c1-13(8-9-26-21(28)12-30-16-4-5-17(24)18(25)11-16)27-22(29)20-6-2-14-10-15(23)3-7-19(14)31-20/h2-7,10-11,20H,1,8-9,12H2,(H,26,28)(H,27,29)/t20-/m1/s1. The van der Waals surface area contributed by atoms with Crippen molar-refractivity contribution in [3.8, 4) is 11.5 Å².